The van der Waals surface area contributed by atoms with Crippen molar-refractivity contribution in [1.82, 2.24) is 0 Å². The summed E-state index contributed by atoms with van der Waals surface area (Å²) in [5.74, 6) is -0.684. The minimum Gasteiger partial charge on any atom is -0.374 e. The molecule has 2 N–H and O–H groups in total. The first-order valence-electron chi connectivity index (χ1n) is 6.67. The number of aryl methyl sites for hydroxylation is 1. The quantitative estimate of drug-likeness (QED) is 0.873. The molecule has 5 heteroatoms. The predicted molar refractivity (Wildman–Crippen MR) is 84.3 cm³/mol. The molecule has 2 rings (SSSR count). The van der Waals surface area contributed by atoms with Gasteiger partial charge in [-0.15, -0.1) is 0 Å². The molecule has 0 fully saturated rings. The van der Waals surface area contributed by atoms with Crippen LogP contribution in [0.4, 0.5) is 15.8 Å². The number of para-hydroxylation sites is 1. The molecule has 0 aliphatic carbocycles. The van der Waals surface area contributed by atoms with Crippen LogP contribution in [0, 0.1) is 5.82 Å². The number of nitrogens with one attached hydrogen (secondary N) is 2. The zero-order valence-corrected chi connectivity index (χ0v) is 12.4. The lowest BCUT2D eigenvalue weighted by atomic mass is 10.1. The number of rotatable bonds is 5. The van der Waals surface area contributed by atoms with Gasteiger partial charge in [0.1, 0.15) is 5.82 Å². The Morgan fingerprint density at radius 3 is 2.71 bits per heavy atom. The molecule has 0 aliphatic heterocycles. The zero-order chi connectivity index (χ0) is 15.2. The summed E-state index contributed by atoms with van der Waals surface area (Å²) < 4.78 is 13.5. The number of amides is 1. The van der Waals surface area contributed by atoms with Crippen LogP contribution in [-0.2, 0) is 11.2 Å². The fourth-order valence-corrected chi connectivity index (χ4v) is 2.13. The summed E-state index contributed by atoms with van der Waals surface area (Å²) >= 11 is 5.79. The molecule has 2 aromatic rings. The van der Waals surface area contributed by atoms with Crippen molar-refractivity contribution in [2.75, 3.05) is 17.2 Å². The highest BCUT2D eigenvalue weighted by Gasteiger charge is 2.07. The van der Waals surface area contributed by atoms with Crippen molar-refractivity contribution in [3.63, 3.8) is 0 Å². The van der Waals surface area contributed by atoms with Crippen LogP contribution in [0.15, 0.2) is 42.5 Å². The van der Waals surface area contributed by atoms with Crippen molar-refractivity contribution in [3.05, 3.63) is 58.9 Å². The van der Waals surface area contributed by atoms with Crippen LogP contribution >= 0.6 is 11.6 Å². The van der Waals surface area contributed by atoms with Gasteiger partial charge in [0.25, 0.3) is 0 Å². The van der Waals surface area contributed by atoms with Crippen molar-refractivity contribution in [1.29, 1.82) is 0 Å². The number of anilines is 2. The van der Waals surface area contributed by atoms with E-state index in [1.807, 2.05) is 31.2 Å². The first kappa shape index (κ1) is 15.3. The summed E-state index contributed by atoms with van der Waals surface area (Å²) in [6, 6.07) is 11.8. The molecule has 3 nitrogen and oxygen atoms in total. The highest BCUT2D eigenvalue weighted by molar-refractivity contribution is 6.30. The lowest BCUT2D eigenvalue weighted by Crippen LogP contribution is -2.22. The number of carbonyl (C=O) groups excluding carboxylic acids is 1. The van der Waals surface area contributed by atoms with E-state index in [-0.39, 0.29) is 18.1 Å². The zero-order valence-electron chi connectivity index (χ0n) is 11.6. The maximum absolute atomic E-state index is 13.5. The molecule has 0 saturated carbocycles. The average Bonchev–Trinajstić information content (AvgIpc) is 2.49. The van der Waals surface area contributed by atoms with E-state index in [2.05, 4.69) is 10.6 Å². The Morgan fingerprint density at radius 1 is 1.19 bits per heavy atom. The van der Waals surface area contributed by atoms with Gasteiger partial charge in [-0.25, -0.2) is 4.39 Å². The molecule has 0 atom stereocenters. The predicted octanol–water partition coefficient (Wildman–Crippen LogP) is 4.09. The van der Waals surface area contributed by atoms with Gasteiger partial charge in [-0.2, -0.15) is 0 Å². The van der Waals surface area contributed by atoms with Crippen LogP contribution in [-0.4, -0.2) is 12.5 Å². The standard InChI is InChI=1S/C16H16ClFN2O/c1-2-11-5-3-4-6-14(11)20-16(21)10-19-15-9-12(17)7-8-13(15)18/h3-9,19H,2,10H2,1H3,(H,20,21). The molecule has 2 aromatic carbocycles. The topological polar surface area (TPSA) is 41.1 Å². The van der Waals surface area contributed by atoms with Crippen molar-refractivity contribution in [2.24, 2.45) is 0 Å². The first-order chi connectivity index (χ1) is 10.1. The summed E-state index contributed by atoms with van der Waals surface area (Å²) in [7, 11) is 0. The lowest BCUT2D eigenvalue weighted by Gasteiger charge is -2.11. The van der Waals surface area contributed by atoms with Crippen LogP contribution in [0.25, 0.3) is 0 Å². The maximum atomic E-state index is 13.5. The third-order valence-electron chi connectivity index (χ3n) is 3.04. The molecule has 110 valence electrons. The Kier molecular flexibility index (Phi) is 5.17. The Hall–Kier alpha value is -2.07. The molecule has 0 spiro atoms. The number of halogens is 2. The largest absolute Gasteiger partial charge is 0.374 e. The summed E-state index contributed by atoms with van der Waals surface area (Å²) in [5.41, 5.74) is 2.04. The van der Waals surface area contributed by atoms with Crippen molar-refractivity contribution in [2.45, 2.75) is 13.3 Å². The minimum atomic E-state index is -0.443. The van der Waals surface area contributed by atoms with Gasteiger partial charge in [-0.1, -0.05) is 36.7 Å². The molecule has 0 saturated heterocycles. The van der Waals surface area contributed by atoms with Gasteiger partial charge in [0.15, 0.2) is 0 Å². The molecule has 0 aliphatic rings. The Balaban J connectivity index is 1.97. The monoisotopic (exact) mass is 306 g/mol. The molecule has 0 bridgehead atoms. The van der Waals surface area contributed by atoms with E-state index in [0.29, 0.717) is 5.02 Å². The molecule has 0 heterocycles. The van der Waals surface area contributed by atoms with Crippen LogP contribution in [0.1, 0.15) is 12.5 Å². The number of carbonyl (C=O) groups is 1. The van der Waals surface area contributed by atoms with Gasteiger partial charge in [-0.3, -0.25) is 4.79 Å². The summed E-state index contributed by atoms with van der Waals surface area (Å²) in [4.78, 5) is 11.9. The minimum absolute atomic E-state index is 0.0324. The second-order valence-corrected chi connectivity index (χ2v) is 4.97. The lowest BCUT2D eigenvalue weighted by molar-refractivity contribution is -0.114. The molecule has 1 amide bonds. The fraction of sp³-hybridized carbons (Fsp3) is 0.188. The Morgan fingerprint density at radius 2 is 1.95 bits per heavy atom. The van der Waals surface area contributed by atoms with Crippen molar-refractivity contribution in [3.8, 4) is 0 Å². The van der Waals surface area contributed by atoms with Crippen LogP contribution < -0.4 is 10.6 Å². The van der Waals surface area contributed by atoms with E-state index in [4.69, 9.17) is 11.6 Å². The normalized spacial score (nSPS) is 10.2. The van der Waals surface area contributed by atoms with Gasteiger partial charge in [-0.05, 0) is 36.2 Å². The SMILES string of the molecule is CCc1ccccc1NC(=O)CNc1cc(Cl)ccc1F. The van der Waals surface area contributed by atoms with Gasteiger partial charge >= 0.3 is 0 Å². The second kappa shape index (κ2) is 7.09. The van der Waals surface area contributed by atoms with E-state index in [0.717, 1.165) is 17.7 Å². The van der Waals surface area contributed by atoms with E-state index in [1.165, 1.54) is 18.2 Å². The van der Waals surface area contributed by atoms with Crippen molar-refractivity contribution < 1.29 is 9.18 Å². The molecule has 0 aromatic heterocycles. The van der Waals surface area contributed by atoms with Crippen molar-refractivity contribution >= 4 is 28.9 Å². The molecule has 0 radical (unpaired) electrons. The molecule has 0 unspecified atom stereocenters. The van der Waals surface area contributed by atoms with E-state index in [1.54, 1.807) is 0 Å². The van der Waals surface area contributed by atoms with Crippen LogP contribution in [0.3, 0.4) is 0 Å². The highest BCUT2D eigenvalue weighted by atomic mass is 35.5. The van der Waals surface area contributed by atoms with E-state index in [9.17, 15) is 9.18 Å². The molecular weight excluding hydrogens is 291 g/mol. The first-order valence-corrected chi connectivity index (χ1v) is 7.04. The van der Waals surface area contributed by atoms with Gasteiger partial charge in [0.2, 0.25) is 5.91 Å². The maximum Gasteiger partial charge on any atom is 0.243 e. The second-order valence-electron chi connectivity index (χ2n) is 4.54. The van der Waals surface area contributed by atoms with Gasteiger partial charge in [0.05, 0.1) is 12.2 Å². The summed E-state index contributed by atoms with van der Waals surface area (Å²) in [6.45, 7) is 1.99. The van der Waals surface area contributed by atoms with Gasteiger partial charge < -0.3 is 10.6 Å². The Bertz CT molecular complexity index is 646. The van der Waals surface area contributed by atoms with E-state index >= 15 is 0 Å². The number of hydrogen-bond acceptors (Lipinski definition) is 2. The van der Waals surface area contributed by atoms with Gasteiger partial charge in [0, 0.05) is 10.7 Å². The number of benzene rings is 2. The van der Waals surface area contributed by atoms with Crippen LogP contribution in [0.2, 0.25) is 5.02 Å². The summed E-state index contributed by atoms with van der Waals surface area (Å²) in [6.07, 6.45) is 0.826. The van der Waals surface area contributed by atoms with Crippen LogP contribution in [0.5, 0.6) is 0 Å². The fourth-order valence-electron chi connectivity index (χ4n) is 1.95. The third kappa shape index (κ3) is 4.20. The highest BCUT2D eigenvalue weighted by Crippen LogP contribution is 2.19. The number of hydrogen-bond donors (Lipinski definition) is 2. The smallest absolute Gasteiger partial charge is 0.243 e. The average molecular weight is 307 g/mol. The molecule has 21 heavy (non-hydrogen) atoms. The third-order valence-corrected chi connectivity index (χ3v) is 3.28. The van der Waals surface area contributed by atoms with E-state index < -0.39 is 5.82 Å². The Labute approximate surface area is 128 Å². The molecular formula is C16H16ClFN2O. The summed E-state index contributed by atoms with van der Waals surface area (Å²) in [5, 5.41) is 5.96.